The summed E-state index contributed by atoms with van der Waals surface area (Å²) in [6.45, 7) is 2.13. The third-order valence-corrected chi connectivity index (χ3v) is 8.76. The first-order valence-corrected chi connectivity index (χ1v) is 14.4. The summed E-state index contributed by atoms with van der Waals surface area (Å²) in [4.78, 5) is 0. The topological polar surface area (TPSA) is 13.1 Å². The lowest BCUT2D eigenvalue weighted by molar-refractivity contribution is 0.670. The Morgan fingerprint density at radius 3 is 1.81 bits per heavy atom. The Morgan fingerprint density at radius 2 is 1.07 bits per heavy atom. The lowest BCUT2D eigenvalue weighted by atomic mass is 9.87. The molecule has 0 atom stereocenters. The number of aryl methyl sites for hydroxylation is 1. The van der Waals surface area contributed by atoms with Crippen LogP contribution >= 0.6 is 0 Å². The quantitative estimate of drug-likeness (QED) is 0.206. The highest BCUT2D eigenvalue weighted by Crippen LogP contribution is 2.42. The second-order valence-electron chi connectivity index (χ2n) is 11.2. The second kappa shape index (κ2) is 8.71. The van der Waals surface area contributed by atoms with E-state index in [9.17, 15) is 0 Å². The normalized spacial score (nSPS) is 11.7. The van der Waals surface area contributed by atoms with Gasteiger partial charge in [0.2, 0.25) is 0 Å². The molecule has 0 aliphatic rings. The molecule has 194 valence electrons. The molecule has 1 aromatic heterocycles. The summed E-state index contributed by atoms with van der Waals surface area (Å²) in [5, 5.41) is 9.93. The van der Waals surface area contributed by atoms with Crippen LogP contribution in [0.15, 0.2) is 132 Å². The van der Waals surface area contributed by atoms with Gasteiger partial charge in [-0.2, -0.15) is 0 Å². The number of benzene rings is 7. The van der Waals surface area contributed by atoms with E-state index in [0.29, 0.717) is 0 Å². The third-order valence-electron chi connectivity index (χ3n) is 8.76. The Bertz CT molecular complexity index is 2440. The summed E-state index contributed by atoms with van der Waals surface area (Å²) >= 11 is 0. The maximum Gasteiger partial charge on any atom is 0.143 e. The molecule has 0 saturated heterocycles. The van der Waals surface area contributed by atoms with Gasteiger partial charge in [-0.25, -0.2) is 0 Å². The first-order valence-electron chi connectivity index (χ1n) is 14.4. The predicted molar refractivity (Wildman–Crippen MR) is 176 cm³/mol. The lowest BCUT2D eigenvalue weighted by Gasteiger charge is -2.16. The fourth-order valence-corrected chi connectivity index (χ4v) is 6.68. The minimum Gasteiger partial charge on any atom is -0.455 e. The Kier molecular flexibility index (Phi) is 4.80. The monoisotopic (exact) mass is 532 g/mol. The average Bonchev–Trinajstić information content (AvgIpc) is 3.43. The molecular weight excluding hydrogens is 508 g/mol. The fraction of sp³-hybridized carbons (Fsp3) is 0.0244. The van der Waals surface area contributed by atoms with E-state index in [2.05, 4.69) is 134 Å². The van der Waals surface area contributed by atoms with Gasteiger partial charge >= 0.3 is 0 Å². The molecule has 9 aromatic rings. The van der Waals surface area contributed by atoms with Crippen molar-refractivity contribution in [2.45, 2.75) is 6.92 Å². The average molecular weight is 533 g/mol. The number of hydrogen-bond donors (Lipinski definition) is 0. The summed E-state index contributed by atoms with van der Waals surface area (Å²) in [5.41, 5.74) is 9.80. The summed E-state index contributed by atoms with van der Waals surface area (Å²) < 4.78 is 6.29. The molecular formula is C41H24O. The third kappa shape index (κ3) is 3.33. The summed E-state index contributed by atoms with van der Waals surface area (Å²) in [7, 11) is 0. The minimum absolute atomic E-state index is 0.892. The summed E-state index contributed by atoms with van der Waals surface area (Å²) in [5.74, 6) is 0. The Balaban J connectivity index is 1.20. The largest absolute Gasteiger partial charge is 0.455 e. The molecule has 0 aliphatic heterocycles. The van der Waals surface area contributed by atoms with Crippen LogP contribution in [0.2, 0.25) is 0 Å². The highest BCUT2D eigenvalue weighted by Gasteiger charge is 2.16. The molecule has 0 N–H and O–H groups in total. The smallest absolute Gasteiger partial charge is 0.143 e. The van der Waals surface area contributed by atoms with Crippen molar-refractivity contribution in [3.05, 3.63) is 145 Å². The van der Waals surface area contributed by atoms with Crippen molar-refractivity contribution in [1.82, 2.24) is 0 Å². The molecule has 0 spiro atoms. The lowest BCUT2D eigenvalue weighted by Crippen LogP contribution is -1.89. The van der Waals surface area contributed by atoms with E-state index in [0.717, 1.165) is 38.6 Å². The van der Waals surface area contributed by atoms with Crippen molar-refractivity contribution in [2.24, 2.45) is 0 Å². The van der Waals surface area contributed by atoms with Crippen LogP contribution in [0.1, 0.15) is 5.56 Å². The van der Waals surface area contributed by atoms with Gasteiger partial charge in [0.15, 0.2) is 0 Å². The molecule has 0 bridgehead atoms. The zero-order chi connectivity index (χ0) is 27.8. The van der Waals surface area contributed by atoms with E-state index in [1.165, 1.54) is 54.6 Å². The van der Waals surface area contributed by atoms with Gasteiger partial charge in [-0.1, -0.05) is 121 Å². The van der Waals surface area contributed by atoms with Gasteiger partial charge in [0.25, 0.3) is 0 Å². The molecule has 0 aliphatic carbocycles. The molecule has 0 saturated carbocycles. The molecule has 8 aromatic carbocycles. The van der Waals surface area contributed by atoms with Crippen molar-refractivity contribution < 1.29 is 4.42 Å². The number of para-hydroxylation sites is 2. The van der Waals surface area contributed by atoms with Crippen LogP contribution in [-0.4, -0.2) is 0 Å². The van der Waals surface area contributed by atoms with Crippen LogP contribution in [-0.2, 0) is 0 Å². The van der Waals surface area contributed by atoms with Gasteiger partial charge in [0, 0.05) is 27.5 Å². The SMILES string of the molecule is Cc1ccc(-c2ccc3ccc4ccc(-c5c#cc(-c6cccc7c6oc6ccccc67)cc5)c5ccc2c3c45)cc1. The van der Waals surface area contributed by atoms with E-state index in [1.54, 1.807) is 0 Å². The molecule has 0 fully saturated rings. The molecule has 1 nitrogen and oxygen atoms in total. The number of fused-ring (bicyclic) bond motifs is 3. The second-order valence-corrected chi connectivity index (χ2v) is 11.2. The van der Waals surface area contributed by atoms with E-state index in [1.807, 2.05) is 12.1 Å². The van der Waals surface area contributed by atoms with Gasteiger partial charge in [-0.05, 0) is 80.2 Å². The van der Waals surface area contributed by atoms with E-state index < -0.39 is 0 Å². The Morgan fingerprint density at radius 1 is 0.452 bits per heavy atom. The highest BCUT2D eigenvalue weighted by molar-refractivity contribution is 6.27. The van der Waals surface area contributed by atoms with Gasteiger partial charge in [0.1, 0.15) is 11.2 Å². The molecule has 9 rings (SSSR count). The van der Waals surface area contributed by atoms with Crippen LogP contribution in [0.3, 0.4) is 0 Å². The minimum atomic E-state index is 0.892. The van der Waals surface area contributed by atoms with Crippen LogP contribution in [0.5, 0.6) is 0 Å². The van der Waals surface area contributed by atoms with Gasteiger partial charge in [-0.15, -0.1) is 0 Å². The molecule has 1 heterocycles. The van der Waals surface area contributed by atoms with Crippen molar-refractivity contribution in [1.29, 1.82) is 0 Å². The zero-order valence-corrected chi connectivity index (χ0v) is 23.0. The Hall–Kier alpha value is -5.58. The first kappa shape index (κ1) is 23.2. The van der Waals surface area contributed by atoms with Crippen molar-refractivity contribution in [3.8, 4) is 33.4 Å². The van der Waals surface area contributed by atoms with Crippen molar-refractivity contribution in [2.75, 3.05) is 0 Å². The maximum atomic E-state index is 6.29. The van der Waals surface area contributed by atoms with Crippen LogP contribution in [0, 0.1) is 19.1 Å². The van der Waals surface area contributed by atoms with Crippen molar-refractivity contribution >= 4 is 54.3 Å². The number of furan rings is 1. The number of hydrogen-bond acceptors (Lipinski definition) is 1. The van der Waals surface area contributed by atoms with E-state index in [-0.39, 0.29) is 0 Å². The van der Waals surface area contributed by atoms with Crippen molar-refractivity contribution in [3.63, 3.8) is 0 Å². The summed E-state index contributed by atoms with van der Waals surface area (Å²) in [6, 6.07) is 52.7. The standard InChI is InChI=1S/C41H24O/c1-25-9-11-26(12-10-25)31-21-19-29-17-18-30-20-22-32(36-24-23-35(31)39(29)40(30)36)27-13-15-28(16-14-27)33-6-4-7-37-34-5-2-3-8-38(34)42-41(33)37/h2-13,15,17-24H,1H3. The molecule has 0 unspecified atom stereocenters. The predicted octanol–water partition coefficient (Wildman–Crippen LogP) is 11.4. The zero-order valence-electron chi connectivity index (χ0n) is 23.0. The summed E-state index contributed by atoms with van der Waals surface area (Å²) in [6.07, 6.45) is 0. The molecule has 0 amide bonds. The first-order chi connectivity index (χ1) is 20.7. The van der Waals surface area contributed by atoms with E-state index in [4.69, 9.17) is 4.42 Å². The van der Waals surface area contributed by atoms with Crippen LogP contribution in [0.4, 0.5) is 0 Å². The molecule has 42 heavy (non-hydrogen) atoms. The van der Waals surface area contributed by atoms with Crippen LogP contribution in [0.25, 0.3) is 87.6 Å². The Labute approximate surface area is 243 Å². The van der Waals surface area contributed by atoms with Gasteiger partial charge < -0.3 is 4.42 Å². The number of rotatable bonds is 3. The fourth-order valence-electron chi connectivity index (χ4n) is 6.68. The van der Waals surface area contributed by atoms with Gasteiger partial charge in [-0.3, -0.25) is 0 Å². The van der Waals surface area contributed by atoms with E-state index >= 15 is 0 Å². The van der Waals surface area contributed by atoms with Crippen LogP contribution < -0.4 is 0 Å². The molecule has 0 radical (unpaired) electrons. The highest BCUT2D eigenvalue weighted by atomic mass is 16.3. The molecule has 1 heteroatoms. The maximum absolute atomic E-state index is 6.29. The van der Waals surface area contributed by atoms with Gasteiger partial charge in [0.05, 0.1) is 0 Å².